The summed E-state index contributed by atoms with van der Waals surface area (Å²) in [5.41, 5.74) is 4.38. The van der Waals surface area contributed by atoms with E-state index in [1.54, 1.807) is 12.1 Å². The maximum absolute atomic E-state index is 11.9. The number of ether oxygens (including phenoxy) is 1. The lowest BCUT2D eigenvalue weighted by molar-refractivity contribution is -0.122. The van der Waals surface area contributed by atoms with Gasteiger partial charge in [0.05, 0.1) is 12.3 Å². The number of aliphatic hydroxyl groups is 1. The minimum atomic E-state index is -0.253. The topological polar surface area (TPSA) is 61.8 Å². The zero-order chi connectivity index (χ0) is 13.5. The van der Waals surface area contributed by atoms with E-state index < -0.39 is 0 Å². The average molecular weight is 273 g/mol. The van der Waals surface area contributed by atoms with Gasteiger partial charge in [0, 0.05) is 18.7 Å². The Kier molecular flexibility index (Phi) is 6.07. The maximum Gasteiger partial charge on any atom is 0.267 e. The number of rotatable bonds is 6. The van der Waals surface area contributed by atoms with Crippen LogP contribution in [0, 0.1) is 6.92 Å². The summed E-state index contributed by atoms with van der Waals surface area (Å²) in [4.78, 5) is 11.9. The zero-order valence-corrected chi connectivity index (χ0v) is 11.2. The molecule has 1 aromatic rings. The van der Waals surface area contributed by atoms with Crippen molar-refractivity contribution in [2.24, 2.45) is 0 Å². The van der Waals surface area contributed by atoms with Crippen LogP contribution in [-0.4, -0.2) is 37.9 Å². The Balaban J connectivity index is 3.00. The summed E-state index contributed by atoms with van der Waals surface area (Å²) in [5, 5.41) is 10.7. The summed E-state index contributed by atoms with van der Waals surface area (Å²) in [7, 11) is 1.45. The number of halogens is 1. The van der Waals surface area contributed by atoms with E-state index in [2.05, 4.69) is 5.43 Å². The van der Waals surface area contributed by atoms with Gasteiger partial charge in [0.2, 0.25) is 0 Å². The van der Waals surface area contributed by atoms with Gasteiger partial charge in [0.1, 0.15) is 6.61 Å². The van der Waals surface area contributed by atoms with Crippen LogP contribution in [0.3, 0.4) is 0 Å². The maximum atomic E-state index is 11.9. The number of methoxy groups -OCH3 is 1. The highest BCUT2D eigenvalue weighted by Crippen LogP contribution is 2.23. The molecule has 0 saturated heterocycles. The Morgan fingerprint density at radius 2 is 2.28 bits per heavy atom. The molecular weight excluding hydrogens is 256 g/mol. The fourth-order valence-corrected chi connectivity index (χ4v) is 1.65. The number of aryl methyl sites for hydroxylation is 1. The molecule has 18 heavy (non-hydrogen) atoms. The van der Waals surface area contributed by atoms with E-state index in [-0.39, 0.29) is 25.7 Å². The third kappa shape index (κ3) is 3.96. The zero-order valence-electron chi connectivity index (χ0n) is 10.4. The number of hydrogen-bond donors (Lipinski definition) is 2. The molecule has 0 atom stereocenters. The summed E-state index contributed by atoms with van der Waals surface area (Å²) in [6, 6.07) is 5.27. The Morgan fingerprint density at radius 3 is 2.89 bits per heavy atom. The van der Waals surface area contributed by atoms with Crippen molar-refractivity contribution in [1.29, 1.82) is 0 Å². The minimum absolute atomic E-state index is 0.0512. The van der Waals surface area contributed by atoms with Gasteiger partial charge in [0.25, 0.3) is 5.91 Å². The quantitative estimate of drug-likeness (QED) is 0.762. The van der Waals surface area contributed by atoms with Gasteiger partial charge in [-0.25, -0.2) is 10.4 Å². The van der Waals surface area contributed by atoms with E-state index in [0.29, 0.717) is 10.7 Å². The van der Waals surface area contributed by atoms with Crippen LogP contribution in [-0.2, 0) is 9.53 Å². The highest BCUT2D eigenvalue weighted by molar-refractivity contribution is 6.31. The average Bonchev–Trinajstić information content (AvgIpc) is 2.34. The lowest BCUT2D eigenvalue weighted by atomic mass is 10.2. The molecule has 6 heteroatoms. The number of hydrazine groups is 1. The molecule has 0 aliphatic rings. The molecule has 0 aliphatic heterocycles. The predicted octanol–water partition coefficient (Wildman–Crippen LogP) is 1.12. The lowest BCUT2D eigenvalue weighted by Crippen LogP contribution is -2.46. The second kappa shape index (κ2) is 7.33. The first-order valence-electron chi connectivity index (χ1n) is 5.52. The standard InChI is InChI=1S/C12H17ClN2O3/c1-9-3-4-10(13)7-11(9)15(14-5-6-16)12(17)8-18-2/h3-4,7,14,16H,5-6,8H2,1-2H3. The van der Waals surface area contributed by atoms with Crippen LogP contribution in [0.5, 0.6) is 0 Å². The molecule has 0 bridgehead atoms. The van der Waals surface area contributed by atoms with Gasteiger partial charge < -0.3 is 9.84 Å². The first-order chi connectivity index (χ1) is 8.60. The monoisotopic (exact) mass is 272 g/mol. The number of benzene rings is 1. The van der Waals surface area contributed by atoms with Crippen LogP contribution in [0.15, 0.2) is 18.2 Å². The number of amides is 1. The second-order valence-corrected chi connectivity index (χ2v) is 4.16. The fraction of sp³-hybridized carbons (Fsp3) is 0.417. The number of aliphatic hydroxyl groups excluding tert-OH is 1. The number of nitrogens with one attached hydrogen (secondary N) is 1. The van der Waals surface area contributed by atoms with Crippen LogP contribution >= 0.6 is 11.6 Å². The number of hydrogen-bond acceptors (Lipinski definition) is 4. The van der Waals surface area contributed by atoms with Crippen molar-refractivity contribution >= 4 is 23.2 Å². The first-order valence-corrected chi connectivity index (χ1v) is 5.90. The first kappa shape index (κ1) is 14.9. The molecule has 0 spiro atoms. The molecule has 0 heterocycles. The van der Waals surface area contributed by atoms with Gasteiger partial charge in [-0.1, -0.05) is 17.7 Å². The van der Waals surface area contributed by atoms with Gasteiger partial charge in [-0.2, -0.15) is 0 Å². The molecule has 2 N–H and O–H groups in total. The van der Waals surface area contributed by atoms with E-state index in [1.807, 2.05) is 13.0 Å². The van der Waals surface area contributed by atoms with Crippen molar-refractivity contribution in [3.63, 3.8) is 0 Å². The smallest absolute Gasteiger partial charge is 0.267 e. The highest BCUT2D eigenvalue weighted by atomic mass is 35.5. The van der Waals surface area contributed by atoms with Crippen molar-refractivity contribution in [2.75, 3.05) is 31.9 Å². The molecular formula is C12H17ClN2O3. The van der Waals surface area contributed by atoms with Crippen molar-refractivity contribution in [2.45, 2.75) is 6.92 Å². The minimum Gasteiger partial charge on any atom is -0.395 e. The van der Waals surface area contributed by atoms with E-state index in [1.165, 1.54) is 12.1 Å². The molecule has 5 nitrogen and oxygen atoms in total. The van der Waals surface area contributed by atoms with Crippen molar-refractivity contribution in [3.8, 4) is 0 Å². The van der Waals surface area contributed by atoms with E-state index in [4.69, 9.17) is 21.4 Å². The molecule has 1 amide bonds. The molecule has 0 radical (unpaired) electrons. The normalized spacial score (nSPS) is 10.4. The molecule has 0 saturated carbocycles. The van der Waals surface area contributed by atoms with Gasteiger partial charge in [0.15, 0.2) is 0 Å². The van der Waals surface area contributed by atoms with Gasteiger partial charge in [-0.3, -0.25) is 4.79 Å². The van der Waals surface area contributed by atoms with Gasteiger partial charge in [-0.15, -0.1) is 0 Å². The highest BCUT2D eigenvalue weighted by Gasteiger charge is 2.17. The third-order valence-corrected chi connectivity index (χ3v) is 2.55. The number of anilines is 1. The van der Waals surface area contributed by atoms with Crippen LogP contribution in [0.1, 0.15) is 5.56 Å². The second-order valence-electron chi connectivity index (χ2n) is 3.72. The largest absolute Gasteiger partial charge is 0.395 e. The molecule has 1 aromatic carbocycles. The van der Waals surface area contributed by atoms with Crippen molar-refractivity contribution < 1.29 is 14.6 Å². The Hall–Kier alpha value is -1.14. The number of carbonyl (C=O) groups is 1. The van der Waals surface area contributed by atoms with Crippen LogP contribution < -0.4 is 10.4 Å². The Morgan fingerprint density at radius 1 is 1.56 bits per heavy atom. The van der Waals surface area contributed by atoms with Gasteiger partial charge in [-0.05, 0) is 24.6 Å². The van der Waals surface area contributed by atoms with E-state index in [9.17, 15) is 4.79 Å². The van der Waals surface area contributed by atoms with Crippen LogP contribution in [0.4, 0.5) is 5.69 Å². The molecule has 100 valence electrons. The summed E-state index contributed by atoms with van der Waals surface area (Å²) in [5.74, 6) is -0.253. The number of carbonyl (C=O) groups excluding carboxylic acids is 1. The van der Waals surface area contributed by atoms with E-state index >= 15 is 0 Å². The molecule has 0 aromatic heterocycles. The van der Waals surface area contributed by atoms with Crippen molar-refractivity contribution in [3.05, 3.63) is 28.8 Å². The van der Waals surface area contributed by atoms with Crippen LogP contribution in [0.25, 0.3) is 0 Å². The fourth-order valence-electron chi connectivity index (χ4n) is 1.48. The SMILES string of the molecule is COCC(=O)N(NCCO)c1cc(Cl)ccc1C. The van der Waals surface area contributed by atoms with Crippen molar-refractivity contribution in [1.82, 2.24) is 5.43 Å². The van der Waals surface area contributed by atoms with E-state index in [0.717, 1.165) is 5.56 Å². The molecule has 0 aliphatic carbocycles. The van der Waals surface area contributed by atoms with Crippen LogP contribution in [0.2, 0.25) is 5.02 Å². The predicted molar refractivity (Wildman–Crippen MR) is 70.6 cm³/mol. The molecule has 0 fully saturated rings. The molecule has 0 unspecified atom stereocenters. The Bertz CT molecular complexity index is 412. The number of nitrogens with zero attached hydrogens (tertiary/aromatic N) is 1. The third-order valence-electron chi connectivity index (χ3n) is 2.31. The summed E-state index contributed by atoms with van der Waals surface area (Å²) < 4.78 is 4.83. The Labute approximate surface area is 111 Å². The summed E-state index contributed by atoms with van der Waals surface area (Å²) in [6.45, 7) is 2.02. The summed E-state index contributed by atoms with van der Waals surface area (Å²) in [6.07, 6.45) is 0. The summed E-state index contributed by atoms with van der Waals surface area (Å²) >= 11 is 5.93. The van der Waals surface area contributed by atoms with Gasteiger partial charge >= 0.3 is 0 Å². The molecule has 1 rings (SSSR count). The lowest BCUT2D eigenvalue weighted by Gasteiger charge is -2.24.